The van der Waals surface area contributed by atoms with E-state index in [1.807, 2.05) is 0 Å². The van der Waals surface area contributed by atoms with E-state index in [1.165, 1.54) is 0 Å². The Morgan fingerprint density at radius 1 is 1.39 bits per heavy atom. The van der Waals surface area contributed by atoms with Gasteiger partial charge in [-0.1, -0.05) is 0 Å². The van der Waals surface area contributed by atoms with Crippen LogP contribution in [0.1, 0.15) is 32.1 Å². The van der Waals surface area contributed by atoms with Crippen molar-refractivity contribution in [2.45, 2.75) is 38.2 Å². The number of hydrazine groups is 1. The molecule has 6 nitrogen and oxygen atoms in total. The second kappa shape index (κ2) is 9.27. The summed E-state index contributed by atoms with van der Waals surface area (Å²) in [5.74, 6) is 4.92. The van der Waals surface area contributed by atoms with Crippen molar-refractivity contribution in [2.75, 3.05) is 32.8 Å². The van der Waals surface area contributed by atoms with Crippen molar-refractivity contribution in [2.24, 2.45) is 5.84 Å². The zero-order chi connectivity index (χ0) is 13.2. The van der Waals surface area contributed by atoms with E-state index < -0.39 is 0 Å². The second-order valence-corrected chi connectivity index (χ2v) is 4.66. The molecule has 106 valence electrons. The number of piperidine rings is 1. The predicted molar refractivity (Wildman–Crippen MR) is 68.7 cm³/mol. The van der Waals surface area contributed by atoms with Gasteiger partial charge in [0, 0.05) is 19.5 Å². The Bertz CT molecular complexity index is 231. The van der Waals surface area contributed by atoms with Crippen molar-refractivity contribution in [3.63, 3.8) is 0 Å². The van der Waals surface area contributed by atoms with Crippen LogP contribution in [-0.2, 0) is 9.53 Å². The highest BCUT2D eigenvalue weighted by Crippen LogP contribution is 2.14. The van der Waals surface area contributed by atoms with Crippen LogP contribution in [0.3, 0.4) is 0 Å². The number of aliphatic hydroxyl groups is 1. The molecule has 0 radical (unpaired) electrons. The molecule has 18 heavy (non-hydrogen) atoms. The lowest BCUT2D eigenvalue weighted by Crippen LogP contribution is -2.38. The molecule has 1 saturated heterocycles. The number of rotatable bonds is 8. The average Bonchev–Trinajstić information content (AvgIpc) is 2.42. The Labute approximate surface area is 108 Å². The van der Waals surface area contributed by atoms with Crippen LogP contribution in [-0.4, -0.2) is 54.9 Å². The van der Waals surface area contributed by atoms with Gasteiger partial charge < -0.3 is 14.7 Å². The Morgan fingerprint density at radius 2 is 2.11 bits per heavy atom. The summed E-state index contributed by atoms with van der Waals surface area (Å²) in [6.45, 7) is 3.66. The second-order valence-electron chi connectivity index (χ2n) is 4.66. The average molecular weight is 259 g/mol. The molecule has 1 rings (SSSR count). The lowest BCUT2D eigenvalue weighted by Gasteiger charge is -2.31. The summed E-state index contributed by atoms with van der Waals surface area (Å²) in [4.78, 5) is 13.3. The molecule has 1 amide bonds. The normalized spacial score (nSPS) is 17.9. The summed E-state index contributed by atoms with van der Waals surface area (Å²) in [7, 11) is 0. The van der Waals surface area contributed by atoms with Gasteiger partial charge in [0.05, 0.1) is 19.3 Å². The van der Waals surface area contributed by atoms with E-state index in [1.54, 1.807) is 0 Å². The van der Waals surface area contributed by atoms with E-state index in [9.17, 15) is 4.79 Å². The van der Waals surface area contributed by atoms with Crippen molar-refractivity contribution < 1.29 is 14.6 Å². The maximum atomic E-state index is 10.9. The maximum Gasteiger partial charge on any atom is 0.233 e. The number of likely N-dealkylation sites (tertiary alicyclic amines) is 1. The van der Waals surface area contributed by atoms with E-state index in [4.69, 9.17) is 15.7 Å². The fraction of sp³-hybridized carbons (Fsp3) is 0.917. The fourth-order valence-electron chi connectivity index (χ4n) is 2.21. The molecule has 0 saturated carbocycles. The number of nitrogens with two attached hydrogens (primary N) is 1. The number of hydrogen-bond donors (Lipinski definition) is 3. The van der Waals surface area contributed by atoms with Gasteiger partial charge in [0.2, 0.25) is 5.91 Å². The zero-order valence-corrected chi connectivity index (χ0v) is 10.9. The number of ether oxygens (including phenoxy) is 1. The Balaban J connectivity index is 2.00. The molecule has 0 atom stereocenters. The Kier molecular flexibility index (Phi) is 7.91. The molecular weight excluding hydrogens is 234 g/mol. The highest BCUT2D eigenvalue weighted by atomic mass is 16.5. The quantitative estimate of drug-likeness (QED) is 0.239. The predicted octanol–water partition coefficient (Wildman–Crippen LogP) is -0.380. The van der Waals surface area contributed by atoms with Crippen LogP contribution in [0, 0.1) is 0 Å². The van der Waals surface area contributed by atoms with Crippen LogP contribution in [0.5, 0.6) is 0 Å². The number of carbonyl (C=O) groups is 1. The number of unbranched alkanes of at least 4 members (excludes halogenated alkanes) is 1. The van der Waals surface area contributed by atoms with E-state index in [2.05, 4.69) is 10.3 Å². The van der Waals surface area contributed by atoms with Crippen LogP contribution >= 0.6 is 0 Å². The molecule has 6 heteroatoms. The topological polar surface area (TPSA) is 87.8 Å². The number of aliphatic hydroxyl groups excluding tert-OH is 1. The summed E-state index contributed by atoms with van der Waals surface area (Å²) in [6.07, 6.45) is 4.77. The first kappa shape index (κ1) is 15.4. The van der Waals surface area contributed by atoms with Gasteiger partial charge in [-0.15, -0.1) is 0 Å². The number of nitrogens with zero attached hydrogens (tertiary/aromatic N) is 1. The summed E-state index contributed by atoms with van der Waals surface area (Å²) < 4.78 is 5.51. The molecule has 0 aromatic heterocycles. The van der Waals surface area contributed by atoms with Gasteiger partial charge in [0.25, 0.3) is 0 Å². The van der Waals surface area contributed by atoms with E-state index in [0.717, 1.165) is 45.3 Å². The Morgan fingerprint density at radius 3 is 2.72 bits per heavy atom. The molecule has 1 aliphatic heterocycles. The molecular formula is C12H25N3O3. The van der Waals surface area contributed by atoms with Gasteiger partial charge in [-0.05, 0) is 32.2 Å². The molecule has 1 aliphatic rings. The van der Waals surface area contributed by atoms with Crippen LogP contribution in [0.2, 0.25) is 0 Å². The number of amides is 1. The minimum Gasteiger partial charge on any atom is -0.394 e. The summed E-state index contributed by atoms with van der Waals surface area (Å²) in [6, 6.07) is 0. The molecule has 0 spiro atoms. The molecule has 0 bridgehead atoms. The largest absolute Gasteiger partial charge is 0.394 e. The van der Waals surface area contributed by atoms with Gasteiger partial charge >= 0.3 is 0 Å². The van der Waals surface area contributed by atoms with Crippen molar-refractivity contribution in [1.29, 1.82) is 0 Å². The third-order valence-corrected chi connectivity index (χ3v) is 3.27. The van der Waals surface area contributed by atoms with Gasteiger partial charge in [-0.25, -0.2) is 5.84 Å². The zero-order valence-electron chi connectivity index (χ0n) is 10.9. The molecule has 0 unspecified atom stereocenters. The summed E-state index contributed by atoms with van der Waals surface area (Å²) in [5, 5.41) is 8.68. The van der Waals surface area contributed by atoms with Gasteiger partial charge in [0.15, 0.2) is 0 Å². The smallest absolute Gasteiger partial charge is 0.233 e. The molecule has 0 aliphatic carbocycles. The minimum atomic E-state index is -0.0916. The van der Waals surface area contributed by atoms with Crippen LogP contribution in [0.25, 0.3) is 0 Å². The molecule has 1 heterocycles. The standard InChI is InChI=1S/C12H25N3O3/c13-14-12(17)3-1-2-6-15-7-4-11(5-8-15)18-10-9-16/h11,16H,1-10,13H2,(H,14,17). The molecule has 0 aromatic rings. The number of carbonyl (C=O) groups excluding carboxylic acids is 1. The summed E-state index contributed by atoms with van der Waals surface area (Å²) >= 11 is 0. The molecule has 4 N–H and O–H groups in total. The minimum absolute atomic E-state index is 0.0916. The first-order chi connectivity index (χ1) is 8.76. The third kappa shape index (κ3) is 6.30. The van der Waals surface area contributed by atoms with Crippen molar-refractivity contribution in [3.05, 3.63) is 0 Å². The van der Waals surface area contributed by atoms with Crippen LogP contribution in [0.4, 0.5) is 0 Å². The van der Waals surface area contributed by atoms with Gasteiger partial charge in [-0.3, -0.25) is 10.2 Å². The van der Waals surface area contributed by atoms with Crippen molar-refractivity contribution in [1.82, 2.24) is 10.3 Å². The Hall–Kier alpha value is -0.690. The third-order valence-electron chi connectivity index (χ3n) is 3.27. The molecule has 0 aromatic carbocycles. The highest BCUT2D eigenvalue weighted by Gasteiger charge is 2.18. The number of hydrogen-bond acceptors (Lipinski definition) is 5. The van der Waals surface area contributed by atoms with E-state index >= 15 is 0 Å². The van der Waals surface area contributed by atoms with Crippen LogP contribution < -0.4 is 11.3 Å². The first-order valence-electron chi connectivity index (χ1n) is 6.70. The monoisotopic (exact) mass is 259 g/mol. The number of nitrogens with one attached hydrogen (secondary N) is 1. The summed E-state index contributed by atoms with van der Waals surface area (Å²) in [5.41, 5.74) is 2.14. The fourth-order valence-corrected chi connectivity index (χ4v) is 2.21. The lowest BCUT2D eigenvalue weighted by molar-refractivity contribution is -0.121. The van der Waals surface area contributed by atoms with E-state index in [0.29, 0.717) is 19.1 Å². The highest BCUT2D eigenvalue weighted by molar-refractivity contribution is 5.75. The molecule has 1 fully saturated rings. The maximum absolute atomic E-state index is 10.9. The van der Waals surface area contributed by atoms with Crippen molar-refractivity contribution >= 4 is 5.91 Å². The van der Waals surface area contributed by atoms with E-state index in [-0.39, 0.29) is 12.5 Å². The first-order valence-corrected chi connectivity index (χ1v) is 6.70. The lowest BCUT2D eigenvalue weighted by atomic mass is 10.1. The SMILES string of the molecule is NNC(=O)CCCCN1CCC(OCCO)CC1. The van der Waals surface area contributed by atoms with Crippen LogP contribution in [0.15, 0.2) is 0 Å². The van der Waals surface area contributed by atoms with Gasteiger partial charge in [0.1, 0.15) is 0 Å². The van der Waals surface area contributed by atoms with Gasteiger partial charge in [-0.2, -0.15) is 0 Å². The van der Waals surface area contributed by atoms with Crippen molar-refractivity contribution in [3.8, 4) is 0 Å².